The largest absolute Gasteiger partial charge is 0.0608 e. The topological polar surface area (TPSA) is 0 Å². The summed E-state index contributed by atoms with van der Waals surface area (Å²) in [5.74, 6) is 2.76. The Morgan fingerprint density at radius 2 is 2.20 bits per heavy atom. The summed E-state index contributed by atoms with van der Waals surface area (Å²) in [6.45, 7) is 2.03. The summed E-state index contributed by atoms with van der Waals surface area (Å²) >= 11 is 5.23. The molecule has 0 saturated heterocycles. The molecule has 0 spiro atoms. The maximum atomic E-state index is 5.23. The molecule has 0 unspecified atom stereocenters. The normalized spacial score (nSPS) is 8.20. The lowest BCUT2D eigenvalue weighted by molar-refractivity contribution is 1.46. The van der Waals surface area contributed by atoms with E-state index in [0.717, 1.165) is 5.56 Å². The fraction of sp³-hybridized carbons (Fsp3) is 0.111. The zero-order valence-corrected chi connectivity index (χ0v) is 6.44. The van der Waals surface area contributed by atoms with Gasteiger partial charge < -0.3 is 0 Å². The summed E-state index contributed by atoms with van der Waals surface area (Å²) in [6, 6.07) is 7.92. The van der Waals surface area contributed by atoms with Gasteiger partial charge in [-0.25, -0.2) is 0 Å². The zero-order valence-electron chi connectivity index (χ0n) is 5.69. The van der Waals surface area contributed by atoms with Crippen LogP contribution in [0.3, 0.4) is 0 Å². The van der Waals surface area contributed by atoms with Crippen molar-refractivity contribution < 1.29 is 0 Å². The van der Waals surface area contributed by atoms with Crippen LogP contribution in [-0.2, 0) is 0 Å². The van der Waals surface area contributed by atoms with Gasteiger partial charge in [0.2, 0.25) is 0 Å². The lowest BCUT2D eigenvalue weighted by Gasteiger charge is -1.90. The molecule has 1 rings (SSSR count). The van der Waals surface area contributed by atoms with Crippen LogP contribution in [0.25, 0.3) is 0 Å². The van der Waals surface area contributed by atoms with Crippen molar-refractivity contribution in [1.29, 1.82) is 0 Å². The van der Waals surface area contributed by atoms with E-state index >= 15 is 0 Å². The second kappa shape index (κ2) is 3.29. The van der Waals surface area contributed by atoms with Crippen LogP contribution in [0.2, 0.25) is 0 Å². The third kappa shape index (κ3) is 1.79. The molecule has 0 radical (unpaired) electrons. The van der Waals surface area contributed by atoms with Crippen molar-refractivity contribution in [3.63, 3.8) is 0 Å². The maximum Gasteiger partial charge on any atom is 0.0260 e. The van der Waals surface area contributed by atoms with Crippen LogP contribution in [0.5, 0.6) is 0 Å². The molecule has 0 aliphatic heterocycles. The predicted octanol–water partition coefficient (Wildman–Crippen LogP) is 2.54. The lowest BCUT2D eigenvalue weighted by Crippen LogP contribution is -1.74. The Bertz CT molecular complexity index is 278. The summed E-state index contributed by atoms with van der Waals surface area (Å²) in [6.07, 6.45) is 0. The summed E-state index contributed by atoms with van der Waals surface area (Å²) in [5.41, 5.74) is 2.17. The molecule has 0 heterocycles. The Morgan fingerprint density at radius 1 is 1.40 bits per heavy atom. The van der Waals surface area contributed by atoms with Crippen molar-refractivity contribution >= 4 is 11.6 Å². The molecule has 0 amide bonds. The molecule has 0 atom stereocenters. The molecule has 0 N–H and O–H groups in total. The Balaban J connectivity index is 3.03. The average Bonchev–Trinajstić information content (AvgIpc) is 1.88. The summed E-state index contributed by atoms with van der Waals surface area (Å²) in [5, 5.41) is 2.33. The Kier molecular flexibility index (Phi) is 2.36. The van der Waals surface area contributed by atoms with Crippen molar-refractivity contribution in [3.05, 3.63) is 35.4 Å². The number of hydrogen-bond acceptors (Lipinski definition) is 0. The van der Waals surface area contributed by atoms with Gasteiger partial charge in [0.1, 0.15) is 0 Å². The highest BCUT2D eigenvalue weighted by Crippen LogP contribution is 2.01. The van der Waals surface area contributed by atoms with Crippen LogP contribution in [-0.4, -0.2) is 0 Å². The van der Waals surface area contributed by atoms with E-state index in [1.807, 2.05) is 31.2 Å². The van der Waals surface area contributed by atoms with E-state index < -0.39 is 0 Å². The van der Waals surface area contributed by atoms with Crippen LogP contribution in [0.1, 0.15) is 11.1 Å². The quantitative estimate of drug-likeness (QED) is 0.499. The van der Waals surface area contributed by atoms with E-state index in [4.69, 9.17) is 11.6 Å². The molecule has 0 aromatic heterocycles. The minimum absolute atomic E-state index is 0.968. The first-order chi connectivity index (χ1) is 4.83. The third-order valence-corrected chi connectivity index (χ3v) is 1.30. The highest BCUT2D eigenvalue weighted by molar-refractivity contribution is 6.30. The van der Waals surface area contributed by atoms with Gasteiger partial charge in [0.05, 0.1) is 0 Å². The minimum Gasteiger partial charge on any atom is -0.0608 e. The van der Waals surface area contributed by atoms with E-state index in [-0.39, 0.29) is 0 Å². The summed E-state index contributed by atoms with van der Waals surface area (Å²) < 4.78 is 0. The number of benzene rings is 1. The Labute approximate surface area is 65.8 Å². The summed E-state index contributed by atoms with van der Waals surface area (Å²) in [7, 11) is 0. The molecule has 1 heteroatoms. The van der Waals surface area contributed by atoms with Gasteiger partial charge in [-0.2, -0.15) is 0 Å². The Hall–Kier alpha value is -0.930. The van der Waals surface area contributed by atoms with Gasteiger partial charge >= 0.3 is 0 Å². The number of aryl methyl sites for hydroxylation is 1. The van der Waals surface area contributed by atoms with Crippen LogP contribution < -0.4 is 0 Å². The Morgan fingerprint density at radius 3 is 2.80 bits per heavy atom. The fourth-order valence-corrected chi connectivity index (χ4v) is 0.886. The second-order valence-electron chi connectivity index (χ2n) is 2.09. The monoisotopic (exact) mass is 150 g/mol. The molecular weight excluding hydrogens is 144 g/mol. The average molecular weight is 151 g/mol. The summed E-state index contributed by atoms with van der Waals surface area (Å²) in [4.78, 5) is 0. The standard InChI is InChI=1S/C9H7Cl/c1-8-3-2-4-9(7-8)5-6-10/h2-4,7H,1H3. The first-order valence-corrected chi connectivity index (χ1v) is 3.39. The first kappa shape index (κ1) is 7.18. The molecule has 50 valence electrons. The van der Waals surface area contributed by atoms with Gasteiger partial charge in [-0.15, -0.1) is 0 Å². The van der Waals surface area contributed by atoms with Gasteiger partial charge in [0, 0.05) is 10.9 Å². The maximum absolute atomic E-state index is 5.23. The second-order valence-corrected chi connectivity index (χ2v) is 2.28. The van der Waals surface area contributed by atoms with Gasteiger partial charge in [0.15, 0.2) is 0 Å². The van der Waals surface area contributed by atoms with Crippen LogP contribution in [0.4, 0.5) is 0 Å². The van der Waals surface area contributed by atoms with Gasteiger partial charge in [-0.3, -0.25) is 0 Å². The third-order valence-electron chi connectivity index (χ3n) is 1.21. The molecule has 0 nitrogen and oxygen atoms in total. The highest BCUT2D eigenvalue weighted by atomic mass is 35.5. The molecule has 0 bridgehead atoms. The highest BCUT2D eigenvalue weighted by Gasteiger charge is 1.84. The van der Waals surface area contributed by atoms with Gasteiger partial charge in [-0.1, -0.05) is 12.1 Å². The van der Waals surface area contributed by atoms with Crippen molar-refractivity contribution in [2.75, 3.05) is 0 Å². The van der Waals surface area contributed by atoms with Crippen molar-refractivity contribution in [3.8, 4) is 11.3 Å². The van der Waals surface area contributed by atoms with Crippen LogP contribution >= 0.6 is 11.6 Å². The van der Waals surface area contributed by atoms with Crippen molar-refractivity contribution in [2.45, 2.75) is 6.92 Å². The fourth-order valence-electron chi connectivity index (χ4n) is 0.777. The van der Waals surface area contributed by atoms with Crippen molar-refractivity contribution in [1.82, 2.24) is 0 Å². The smallest absolute Gasteiger partial charge is 0.0260 e. The van der Waals surface area contributed by atoms with Crippen molar-refractivity contribution in [2.24, 2.45) is 0 Å². The minimum atomic E-state index is 0.968. The SMILES string of the molecule is Cc1cccc(C#CCl)c1. The predicted molar refractivity (Wildman–Crippen MR) is 43.9 cm³/mol. The number of halogens is 1. The zero-order chi connectivity index (χ0) is 7.40. The lowest BCUT2D eigenvalue weighted by atomic mass is 10.1. The molecule has 0 aliphatic rings. The van der Waals surface area contributed by atoms with Gasteiger partial charge in [0.25, 0.3) is 0 Å². The molecule has 0 fully saturated rings. The van der Waals surface area contributed by atoms with Gasteiger partial charge in [-0.05, 0) is 42.1 Å². The molecular formula is C9H7Cl. The molecule has 10 heavy (non-hydrogen) atoms. The van der Waals surface area contributed by atoms with E-state index in [1.165, 1.54) is 5.56 Å². The molecule has 1 aromatic carbocycles. The van der Waals surface area contributed by atoms with E-state index in [9.17, 15) is 0 Å². The number of hydrogen-bond donors (Lipinski definition) is 0. The van der Waals surface area contributed by atoms with Crippen LogP contribution in [0.15, 0.2) is 24.3 Å². The number of rotatable bonds is 0. The first-order valence-electron chi connectivity index (χ1n) is 3.01. The molecule has 0 saturated carbocycles. The molecule has 1 aromatic rings. The van der Waals surface area contributed by atoms with E-state index in [0.29, 0.717) is 0 Å². The van der Waals surface area contributed by atoms with E-state index in [2.05, 4.69) is 11.3 Å². The van der Waals surface area contributed by atoms with E-state index in [1.54, 1.807) is 0 Å². The van der Waals surface area contributed by atoms with Crippen LogP contribution in [0, 0.1) is 18.2 Å². The molecule has 0 aliphatic carbocycles.